The van der Waals surface area contributed by atoms with Crippen molar-refractivity contribution in [3.8, 4) is 46.0 Å². The summed E-state index contributed by atoms with van der Waals surface area (Å²) in [6.07, 6.45) is 3.74. The van der Waals surface area contributed by atoms with Crippen molar-refractivity contribution >= 4 is 55.4 Å². The number of fused-ring (bicyclic) bond motifs is 15. The fraction of sp³-hybridized carbons (Fsp3) is 0.0182. The fourth-order valence-electron chi connectivity index (χ4n) is 10.4. The monoisotopic (exact) mass is 806 g/mol. The first kappa shape index (κ1) is 34.6. The average Bonchev–Trinajstić information content (AvgIpc) is 3.95. The molecule has 0 radical (unpaired) electrons. The molecule has 0 bridgehead atoms. The Balaban J connectivity index is 0.979. The van der Waals surface area contributed by atoms with Gasteiger partial charge in [0.2, 0.25) is 0 Å². The third-order valence-electron chi connectivity index (χ3n) is 12.9. The van der Waals surface area contributed by atoms with Gasteiger partial charge in [0, 0.05) is 55.1 Å². The lowest BCUT2D eigenvalue weighted by atomic mass is 9.67. The van der Waals surface area contributed by atoms with E-state index in [1.54, 1.807) is 0 Å². The van der Waals surface area contributed by atoms with Crippen LogP contribution in [0.1, 0.15) is 33.4 Å². The molecular weight excluding hydrogens is 777 g/mol. The molecule has 286 valence electrons. The molecule has 0 atom stereocenters. The molecule has 7 heteroatoms. The highest BCUT2D eigenvalue weighted by Gasteiger charge is 2.51. The van der Waals surface area contributed by atoms with Crippen LogP contribution in [0.3, 0.4) is 0 Å². The van der Waals surface area contributed by atoms with Crippen LogP contribution in [-0.2, 0) is 5.41 Å². The van der Waals surface area contributed by atoms with Gasteiger partial charge < -0.3 is 9.13 Å². The molecule has 1 aliphatic heterocycles. The number of para-hydroxylation sites is 1. The topological polar surface area (TPSA) is 83.2 Å². The second kappa shape index (κ2) is 12.9. The van der Waals surface area contributed by atoms with E-state index in [0.717, 1.165) is 88.6 Å². The molecule has 1 aliphatic carbocycles. The van der Waals surface area contributed by atoms with Gasteiger partial charge >= 0.3 is 0 Å². The molecule has 13 rings (SSSR count). The minimum atomic E-state index is -0.576. The predicted octanol–water partition coefficient (Wildman–Crippen LogP) is 12.9. The molecule has 0 fully saturated rings. The molecule has 5 heterocycles. The van der Waals surface area contributed by atoms with Gasteiger partial charge in [-0.25, -0.2) is 0 Å². The maximum atomic E-state index is 10.1. The van der Waals surface area contributed by atoms with Crippen molar-refractivity contribution in [2.75, 3.05) is 0 Å². The Morgan fingerprint density at radius 2 is 0.919 bits per heavy atom. The number of hydrogen-bond acceptors (Lipinski definition) is 5. The summed E-state index contributed by atoms with van der Waals surface area (Å²) in [7, 11) is 0. The molecule has 0 saturated heterocycles. The summed E-state index contributed by atoms with van der Waals surface area (Å²) in [5, 5.41) is 24.0. The van der Waals surface area contributed by atoms with Gasteiger partial charge in [-0.3, -0.25) is 9.97 Å². The van der Waals surface area contributed by atoms with Crippen LogP contribution in [0.2, 0.25) is 0 Å². The van der Waals surface area contributed by atoms with E-state index in [0.29, 0.717) is 11.1 Å². The van der Waals surface area contributed by atoms with Gasteiger partial charge in [0.1, 0.15) is 0 Å². The first-order valence-corrected chi connectivity index (χ1v) is 21.3. The molecular formula is C55H30N6S. The van der Waals surface area contributed by atoms with Crippen LogP contribution in [0.15, 0.2) is 192 Å². The Labute approximate surface area is 360 Å². The molecule has 11 aromatic rings. The zero-order chi connectivity index (χ0) is 41.1. The summed E-state index contributed by atoms with van der Waals surface area (Å²) in [5.41, 5.74) is 15.8. The number of hydrogen-bond donors (Lipinski definition) is 0. The van der Waals surface area contributed by atoms with Crippen LogP contribution in [0.4, 0.5) is 0 Å². The number of pyridine rings is 2. The van der Waals surface area contributed by atoms with Crippen molar-refractivity contribution in [2.24, 2.45) is 0 Å². The van der Waals surface area contributed by atoms with Gasteiger partial charge in [0.05, 0.1) is 62.1 Å². The minimum absolute atomic E-state index is 0.576. The third kappa shape index (κ3) is 4.63. The minimum Gasteiger partial charge on any atom is -0.309 e. The van der Waals surface area contributed by atoms with Crippen molar-refractivity contribution in [3.05, 3.63) is 216 Å². The maximum Gasteiger partial charge on any atom is 0.0991 e. The van der Waals surface area contributed by atoms with Crippen LogP contribution >= 0.6 is 11.8 Å². The summed E-state index contributed by atoms with van der Waals surface area (Å²) >= 11 is 1.82. The first-order valence-electron chi connectivity index (χ1n) is 20.5. The van der Waals surface area contributed by atoms with Crippen LogP contribution < -0.4 is 0 Å². The van der Waals surface area contributed by atoms with Gasteiger partial charge in [-0.05, 0) is 143 Å². The van der Waals surface area contributed by atoms with Gasteiger partial charge in [0.25, 0.3) is 0 Å². The molecule has 2 aliphatic rings. The van der Waals surface area contributed by atoms with Crippen molar-refractivity contribution in [3.63, 3.8) is 0 Å². The molecule has 1 spiro atoms. The SMILES string of the molecule is N#Cc1ccc2c(c1)c1ccccc1n2-c1ccc(-n2c3ccc(C#N)cc3c3cc(-c4ccc5c(c4)C4(c6ccccc6S5)c5cccnc5-c5ncccc54)ccc32)cc1. The Bertz CT molecular complexity index is 3780. The maximum absolute atomic E-state index is 10.1. The van der Waals surface area contributed by atoms with Crippen molar-refractivity contribution in [1.29, 1.82) is 10.5 Å². The van der Waals surface area contributed by atoms with Crippen LogP contribution in [0.25, 0.3) is 77.5 Å². The van der Waals surface area contributed by atoms with Crippen LogP contribution in [0.5, 0.6) is 0 Å². The van der Waals surface area contributed by atoms with Crippen LogP contribution in [0, 0.1) is 22.7 Å². The smallest absolute Gasteiger partial charge is 0.0991 e. The van der Waals surface area contributed by atoms with Crippen molar-refractivity contribution in [1.82, 2.24) is 19.1 Å². The van der Waals surface area contributed by atoms with Crippen molar-refractivity contribution in [2.45, 2.75) is 15.2 Å². The number of nitriles is 2. The summed E-state index contributed by atoms with van der Waals surface area (Å²) in [6, 6.07) is 64.5. The number of rotatable bonds is 3. The standard InChI is InChI=1S/C55H30N6S/c56-31-33-13-21-48-40(27-33)39-7-1-3-11-47(39)60(48)37-17-19-38(20-18-37)61-49-22-14-34(32-57)28-41(49)42-29-35(15-23-50(42)61)36-16-24-52-46(30-36)55(43-8-2-4-12-51(43)62-52)44-9-5-25-58-53(44)54-45(55)10-6-26-59-54/h1-30H. The number of benzene rings is 7. The Morgan fingerprint density at radius 1 is 0.419 bits per heavy atom. The second-order valence-electron chi connectivity index (χ2n) is 16.0. The molecule has 0 unspecified atom stereocenters. The second-order valence-corrected chi connectivity index (χ2v) is 17.1. The van der Waals surface area contributed by atoms with E-state index in [9.17, 15) is 10.5 Å². The quantitative estimate of drug-likeness (QED) is 0.178. The molecule has 62 heavy (non-hydrogen) atoms. The van der Waals surface area contributed by atoms with E-state index >= 15 is 0 Å². The van der Waals surface area contributed by atoms with Gasteiger partial charge in [-0.1, -0.05) is 72.4 Å². The lowest BCUT2D eigenvalue weighted by Gasteiger charge is -2.39. The van der Waals surface area contributed by atoms with Gasteiger partial charge in [-0.15, -0.1) is 0 Å². The summed E-state index contributed by atoms with van der Waals surface area (Å²) in [4.78, 5) is 12.3. The average molecular weight is 807 g/mol. The van der Waals surface area contributed by atoms with E-state index in [2.05, 4.69) is 143 Å². The predicted molar refractivity (Wildman–Crippen MR) is 247 cm³/mol. The molecule has 4 aromatic heterocycles. The van der Waals surface area contributed by atoms with Crippen molar-refractivity contribution < 1.29 is 0 Å². The lowest BCUT2D eigenvalue weighted by Crippen LogP contribution is -2.32. The van der Waals surface area contributed by atoms with E-state index in [4.69, 9.17) is 9.97 Å². The Morgan fingerprint density at radius 3 is 1.58 bits per heavy atom. The molecule has 0 N–H and O–H groups in total. The van der Waals surface area contributed by atoms with E-state index in [1.165, 1.54) is 20.9 Å². The lowest BCUT2D eigenvalue weighted by molar-refractivity contribution is 0.720. The molecule has 0 amide bonds. The van der Waals surface area contributed by atoms with Crippen LogP contribution in [-0.4, -0.2) is 19.1 Å². The zero-order valence-corrected chi connectivity index (χ0v) is 33.7. The highest BCUT2D eigenvalue weighted by Crippen LogP contribution is 2.61. The Hall–Kier alpha value is -8.23. The van der Waals surface area contributed by atoms with E-state index in [-0.39, 0.29) is 0 Å². The highest BCUT2D eigenvalue weighted by molar-refractivity contribution is 7.99. The van der Waals surface area contributed by atoms with Gasteiger partial charge in [0.15, 0.2) is 0 Å². The number of nitrogens with zero attached hydrogens (tertiary/aromatic N) is 6. The summed E-state index contributed by atoms with van der Waals surface area (Å²) in [6.45, 7) is 0. The van der Waals surface area contributed by atoms with Gasteiger partial charge in [-0.2, -0.15) is 10.5 Å². The van der Waals surface area contributed by atoms with E-state index < -0.39 is 5.41 Å². The normalized spacial score (nSPS) is 13.2. The Kier molecular flexibility index (Phi) is 7.19. The summed E-state index contributed by atoms with van der Waals surface area (Å²) in [5.74, 6) is 0. The number of aromatic nitrogens is 4. The van der Waals surface area contributed by atoms with E-state index in [1.807, 2.05) is 72.7 Å². The zero-order valence-electron chi connectivity index (χ0n) is 32.9. The third-order valence-corrected chi connectivity index (χ3v) is 14.1. The molecule has 0 saturated carbocycles. The molecule has 6 nitrogen and oxygen atoms in total. The summed E-state index contributed by atoms with van der Waals surface area (Å²) < 4.78 is 4.56. The fourth-order valence-corrected chi connectivity index (χ4v) is 11.5. The first-order chi connectivity index (χ1) is 30.6. The largest absolute Gasteiger partial charge is 0.309 e. The highest BCUT2D eigenvalue weighted by atomic mass is 32.2. The molecule has 7 aromatic carbocycles.